The summed E-state index contributed by atoms with van der Waals surface area (Å²) in [4.78, 5) is 16.0. The Morgan fingerprint density at radius 2 is 1.86 bits per heavy atom. The molecule has 0 radical (unpaired) electrons. The second-order valence-electron chi connectivity index (χ2n) is 7.28. The van der Waals surface area contributed by atoms with E-state index in [2.05, 4.69) is 54.5 Å². The third-order valence-electron chi connectivity index (χ3n) is 4.42. The number of anilines is 1. The molecule has 0 fully saturated rings. The van der Waals surface area contributed by atoms with E-state index in [4.69, 9.17) is 0 Å². The molecule has 5 heteroatoms. The molecule has 0 unspecified atom stereocenters. The minimum absolute atomic E-state index is 0.0253. The van der Waals surface area contributed by atoms with Crippen LogP contribution < -0.4 is 5.32 Å². The monoisotopic (exact) mass is 401 g/mol. The molecule has 1 aromatic heterocycles. The number of Topliss-reactive ketones (excluding diaryl/α,β-unsaturated/α-hetero) is 1. The first-order valence-corrected chi connectivity index (χ1v) is 10.4. The molecule has 0 aliphatic rings. The van der Waals surface area contributed by atoms with Gasteiger partial charge in [-0.25, -0.2) is 4.98 Å². The van der Waals surface area contributed by atoms with Crippen molar-refractivity contribution in [2.24, 2.45) is 5.92 Å². The quantitative estimate of drug-likeness (QED) is 0.379. The highest BCUT2D eigenvalue weighted by molar-refractivity contribution is 7.11. The van der Waals surface area contributed by atoms with E-state index in [-0.39, 0.29) is 5.78 Å². The van der Waals surface area contributed by atoms with Gasteiger partial charge >= 0.3 is 0 Å². The molecule has 0 aliphatic carbocycles. The number of aromatic nitrogens is 1. The van der Waals surface area contributed by atoms with Crippen LogP contribution in [0.2, 0.25) is 0 Å². The standard InChI is InChI=1S/C24H23N3OS/c1-16(2)12-18-4-6-20(7-5-18)23-15-29-24(27-23)21(13-25)14-26-22-10-8-19(9-11-22)17(3)28/h4-11,14-16,26H,12H2,1-3H3. The second kappa shape index (κ2) is 9.31. The lowest BCUT2D eigenvalue weighted by molar-refractivity contribution is 0.101. The van der Waals surface area contributed by atoms with Crippen LogP contribution in [0.15, 0.2) is 60.1 Å². The van der Waals surface area contributed by atoms with Gasteiger partial charge in [0.15, 0.2) is 5.78 Å². The fourth-order valence-electron chi connectivity index (χ4n) is 2.91. The number of hydrogen-bond donors (Lipinski definition) is 1. The van der Waals surface area contributed by atoms with Gasteiger partial charge < -0.3 is 5.32 Å². The number of benzene rings is 2. The Morgan fingerprint density at radius 1 is 1.17 bits per heavy atom. The number of nitriles is 1. The van der Waals surface area contributed by atoms with Crippen LogP contribution in [-0.2, 0) is 6.42 Å². The van der Waals surface area contributed by atoms with Gasteiger partial charge in [0, 0.05) is 28.4 Å². The van der Waals surface area contributed by atoms with E-state index in [1.165, 1.54) is 23.8 Å². The number of nitrogens with one attached hydrogen (secondary N) is 1. The molecule has 1 N–H and O–H groups in total. The third-order valence-corrected chi connectivity index (χ3v) is 5.30. The zero-order chi connectivity index (χ0) is 20.8. The van der Waals surface area contributed by atoms with Gasteiger partial charge in [0.1, 0.15) is 16.6 Å². The Kier molecular flexibility index (Phi) is 6.58. The molecule has 4 nitrogen and oxygen atoms in total. The highest BCUT2D eigenvalue weighted by atomic mass is 32.1. The van der Waals surface area contributed by atoms with Gasteiger partial charge in [-0.2, -0.15) is 5.26 Å². The summed E-state index contributed by atoms with van der Waals surface area (Å²) in [5.74, 6) is 0.651. The Labute approximate surface area is 175 Å². The summed E-state index contributed by atoms with van der Waals surface area (Å²) in [5, 5.41) is 15.3. The number of rotatable bonds is 7. The van der Waals surface area contributed by atoms with Crippen LogP contribution in [0, 0.1) is 17.2 Å². The van der Waals surface area contributed by atoms with Crippen molar-refractivity contribution in [1.82, 2.24) is 4.98 Å². The summed E-state index contributed by atoms with van der Waals surface area (Å²) < 4.78 is 0. The maximum absolute atomic E-state index is 11.4. The summed E-state index contributed by atoms with van der Waals surface area (Å²) in [6, 6.07) is 17.8. The average Bonchev–Trinajstić information content (AvgIpc) is 3.19. The SMILES string of the molecule is CC(=O)c1ccc(NC=C(C#N)c2nc(-c3ccc(CC(C)C)cc3)cs2)cc1. The lowest BCUT2D eigenvalue weighted by Gasteiger charge is -2.05. The van der Waals surface area contributed by atoms with Crippen molar-refractivity contribution in [3.63, 3.8) is 0 Å². The molecule has 146 valence electrons. The fraction of sp³-hybridized carbons (Fsp3) is 0.208. The van der Waals surface area contributed by atoms with E-state index >= 15 is 0 Å². The normalized spacial score (nSPS) is 11.3. The average molecular weight is 402 g/mol. The lowest BCUT2D eigenvalue weighted by Crippen LogP contribution is -1.94. The number of ketones is 1. The van der Waals surface area contributed by atoms with E-state index in [1.807, 2.05) is 17.5 Å². The Bertz CT molecular complexity index is 1050. The molecule has 2 aromatic carbocycles. The van der Waals surface area contributed by atoms with E-state index in [0.29, 0.717) is 22.1 Å². The van der Waals surface area contributed by atoms with E-state index in [0.717, 1.165) is 23.4 Å². The van der Waals surface area contributed by atoms with Gasteiger partial charge in [0.25, 0.3) is 0 Å². The first kappa shape index (κ1) is 20.5. The Morgan fingerprint density at radius 3 is 2.45 bits per heavy atom. The zero-order valence-corrected chi connectivity index (χ0v) is 17.6. The lowest BCUT2D eigenvalue weighted by atomic mass is 10.0. The van der Waals surface area contributed by atoms with Crippen LogP contribution in [0.5, 0.6) is 0 Å². The van der Waals surface area contributed by atoms with Crippen molar-refractivity contribution in [3.8, 4) is 17.3 Å². The Hall–Kier alpha value is -3.23. The maximum Gasteiger partial charge on any atom is 0.159 e. The van der Waals surface area contributed by atoms with Gasteiger partial charge in [-0.3, -0.25) is 4.79 Å². The molecule has 0 saturated heterocycles. The number of carbonyl (C=O) groups is 1. The maximum atomic E-state index is 11.4. The van der Waals surface area contributed by atoms with Crippen molar-refractivity contribution in [1.29, 1.82) is 5.26 Å². The highest BCUT2D eigenvalue weighted by Gasteiger charge is 2.09. The molecule has 0 bridgehead atoms. The molecular formula is C24H23N3OS. The van der Waals surface area contributed by atoms with Gasteiger partial charge in [-0.05, 0) is 49.1 Å². The third kappa shape index (κ3) is 5.40. The largest absolute Gasteiger partial charge is 0.360 e. The molecule has 0 aliphatic heterocycles. The summed E-state index contributed by atoms with van der Waals surface area (Å²) in [6.07, 6.45) is 2.71. The van der Waals surface area contributed by atoms with Crippen molar-refractivity contribution >= 4 is 28.4 Å². The molecule has 0 saturated carbocycles. The number of carbonyl (C=O) groups excluding carboxylic acids is 1. The predicted octanol–water partition coefficient (Wildman–Crippen LogP) is 6.19. The molecule has 0 spiro atoms. The van der Waals surface area contributed by atoms with Crippen molar-refractivity contribution < 1.29 is 4.79 Å². The Balaban J connectivity index is 1.74. The molecular weight excluding hydrogens is 378 g/mol. The topological polar surface area (TPSA) is 65.8 Å². The molecule has 0 atom stereocenters. The van der Waals surface area contributed by atoms with Crippen LogP contribution in [0.25, 0.3) is 16.8 Å². The number of thiazole rings is 1. The van der Waals surface area contributed by atoms with E-state index in [9.17, 15) is 10.1 Å². The minimum atomic E-state index is 0.0253. The van der Waals surface area contributed by atoms with Crippen molar-refractivity contribution in [2.45, 2.75) is 27.2 Å². The summed E-state index contributed by atoms with van der Waals surface area (Å²) >= 11 is 1.45. The first-order valence-electron chi connectivity index (χ1n) is 9.49. The molecule has 3 aromatic rings. The van der Waals surface area contributed by atoms with Crippen molar-refractivity contribution in [2.75, 3.05) is 5.32 Å². The van der Waals surface area contributed by atoms with E-state index < -0.39 is 0 Å². The van der Waals surface area contributed by atoms with Crippen LogP contribution in [0.4, 0.5) is 5.69 Å². The summed E-state index contributed by atoms with van der Waals surface area (Å²) in [5.41, 5.74) is 5.16. The number of nitrogens with zero attached hydrogens (tertiary/aromatic N) is 2. The van der Waals surface area contributed by atoms with Gasteiger partial charge in [0.05, 0.1) is 5.69 Å². The van der Waals surface area contributed by atoms with Crippen LogP contribution in [-0.4, -0.2) is 10.8 Å². The molecule has 0 amide bonds. The van der Waals surface area contributed by atoms with Crippen LogP contribution in [0.1, 0.15) is 41.7 Å². The highest BCUT2D eigenvalue weighted by Crippen LogP contribution is 2.26. The van der Waals surface area contributed by atoms with Crippen LogP contribution >= 0.6 is 11.3 Å². The number of hydrogen-bond acceptors (Lipinski definition) is 5. The van der Waals surface area contributed by atoms with E-state index in [1.54, 1.807) is 18.3 Å². The van der Waals surface area contributed by atoms with Gasteiger partial charge in [-0.15, -0.1) is 11.3 Å². The molecule has 3 rings (SSSR count). The first-order chi connectivity index (χ1) is 14.0. The smallest absolute Gasteiger partial charge is 0.159 e. The second-order valence-corrected chi connectivity index (χ2v) is 8.14. The van der Waals surface area contributed by atoms with Gasteiger partial charge in [-0.1, -0.05) is 38.1 Å². The molecule has 29 heavy (non-hydrogen) atoms. The summed E-state index contributed by atoms with van der Waals surface area (Å²) in [7, 11) is 0. The van der Waals surface area contributed by atoms with Crippen molar-refractivity contribution in [3.05, 3.63) is 76.2 Å². The predicted molar refractivity (Wildman–Crippen MR) is 120 cm³/mol. The number of allylic oxidation sites excluding steroid dienone is 1. The molecule has 1 heterocycles. The summed E-state index contributed by atoms with van der Waals surface area (Å²) in [6.45, 7) is 5.96. The fourth-order valence-corrected chi connectivity index (χ4v) is 3.71. The minimum Gasteiger partial charge on any atom is -0.360 e. The van der Waals surface area contributed by atoms with Crippen LogP contribution in [0.3, 0.4) is 0 Å². The zero-order valence-electron chi connectivity index (χ0n) is 16.8. The van der Waals surface area contributed by atoms with Gasteiger partial charge in [0.2, 0.25) is 0 Å².